The largest absolute Gasteiger partial charge is 0.347 e. The van der Waals surface area contributed by atoms with E-state index in [1.165, 1.54) is 6.42 Å². The molecule has 10 heteroatoms. The molecule has 2 bridgehead atoms. The standard InChI is InChI=1S/C14H14ClN7.2H2S/c1-20-5-10-3-9(20)6-21(10)13-14-19-17-7-22(14)11-2-8(15)4-16-12(11)18-13;;/h2,4,7,9-10H,3,5-6H2,1H3;2*1H2/t9-,10-;;/m0../s1. The highest BCUT2D eigenvalue weighted by Gasteiger charge is 2.43. The van der Waals surface area contributed by atoms with Crippen molar-refractivity contribution in [3.05, 3.63) is 23.6 Å². The summed E-state index contributed by atoms with van der Waals surface area (Å²) in [6, 6.07) is 2.94. The molecule has 0 saturated carbocycles. The van der Waals surface area contributed by atoms with E-state index in [1.54, 1.807) is 12.5 Å². The Morgan fingerprint density at radius 1 is 1.21 bits per heavy atom. The van der Waals surface area contributed by atoms with E-state index < -0.39 is 0 Å². The third kappa shape index (κ3) is 2.42. The summed E-state index contributed by atoms with van der Waals surface area (Å²) < 4.78 is 1.92. The lowest BCUT2D eigenvalue weighted by Gasteiger charge is -2.32. The van der Waals surface area contributed by atoms with Crippen molar-refractivity contribution < 1.29 is 0 Å². The summed E-state index contributed by atoms with van der Waals surface area (Å²) in [6.45, 7) is 2.05. The molecule has 3 aromatic heterocycles. The first-order valence-electron chi connectivity index (χ1n) is 7.32. The zero-order valence-electron chi connectivity index (χ0n) is 13.0. The van der Waals surface area contributed by atoms with E-state index in [-0.39, 0.29) is 27.0 Å². The number of piperazine rings is 1. The summed E-state index contributed by atoms with van der Waals surface area (Å²) in [5, 5.41) is 8.91. The highest BCUT2D eigenvalue weighted by Crippen LogP contribution is 2.35. The zero-order valence-corrected chi connectivity index (χ0v) is 15.8. The SMILES string of the molecule is CN1C[C@@H]2C[C@H]1CN2c1nc2ncc(Cl)cc2n2cnnc12.S.S. The maximum absolute atomic E-state index is 6.06. The topological polar surface area (TPSA) is 62.5 Å². The Kier molecular flexibility index (Phi) is 4.54. The van der Waals surface area contributed by atoms with Gasteiger partial charge < -0.3 is 4.90 Å². The minimum absolute atomic E-state index is 0. The number of anilines is 1. The molecule has 0 spiro atoms. The predicted molar refractivity (Wildman–Crippen MR) is 104 cm³/mol. The Bertz CT molecular complexity index is 899. The first-order chi connectivity index (χ1) is 10.7. The molecule has 128 valence electrons. The predicted octanol–water partition coefficient (Wildman–Crippen LogP) is 1.44. The lowest BCUT2D eigenvalue weighted by atomic mass is 10.2. The number of pyridine rings is 1. The molecular weight excluding hydrogens is 366 g/mol. The summed E-state index contributed by atoms with van der Waals surface area (Å²) in [4.78, 5) is 13.9. The fourth-order valence-electron chi connectivity index (χ4n) is 3.72. The van der Waals surface area contributed by atoms with E-state index in [2.05, 4.69) is 32.0 Å². The van der Waals surface area contributed by atoms with Gasteiger partial charge in [0.1, 0.15) is 6.33 Å². The van der Waals surface area contributed by atoms with Crippen LogP contribution in [0.2, 0.25) is 5.02 Å². The van der Waals surface area contributed by atoms with Crippen molar-refractivity contribution in [2.45, 2.75) is 18.5 Å². The molecule has 5 heterocycles. The van der Waals surface area contributed by atoms with Crippen molar-refractivity contribution in [1.82, 2.24) is 29.5 Å². The van der Waals surface area contributed by atoms with Gasteiger partial charge in [-0.1, -0.05) is 11.6 Å². The van der Waals surface area contributed by atoms with Gasteiger partial charge in [0.25, 0.3) is 0 Å². The molecular formula is C14H18ClN7S2. The zero-order chi connectivity index (χ0) is 14.8. The third-order valence-electron chi connectivity index (χ3n) is 4.82. The maximum Gasteiger partial charge on any atom is 0.204 e. The molecule has 2 fully saturated rings. The van der Waals surface area contributed by atoms with Crippen LogP contribution in [0.5, 0.6) is 0 Å². The van der Waals surface area contributed by atoms with Crippen LogP contribution in [0.3, 0.4) is 0 Å². The van der Waals surface area contributed by atoms with Crippen LogP contribution in [0.4, 0.5) is 5.82 Å². The first kappa shape index (κ1) is 17.5. The molecule has 0 unspecified atom stereocenters. The van der Waals surface area contributed by atoms with Crippen molar-refractivity contribution in [2.75, 3.05) is 25.0 Å². The molecule has 0 N–H and O–H groups in total. The second-order valence-electron chi connectivity index (χ2n) is 6.09. The lowest BCUT2D eigenvalue weighted by Crippen LogP contribution is -2.45. The lowest BCUT2D eigenvalue weighted by molar-refractivity contribution is 0.292. The van der Waals surface area contributed by atoms with Crippen molar-refractivity contribution in [1.29, 1.82) is 0 Å². The molecule has 7 nitrogen and oxygen atoms in total. The van der Waals surface area contributed by atoms with E-state index in [1.807, 2.05) is 10.5 Å². The van der Waals surface area contributed by atoms with Crippen LogP contribution in [0.15, 0.2) is 18.6 Å². The Morgan fingerprint density at radius 2 is 2.04 bits per heavy atom. The number of halogens is 1. The highest BCUT2D eigenvalue weighted by molar-refractivity contribution is 7.59. The molecule has 0 amide bonds. The third-order valence-corrected chi connectivity index (χ3v) is 5.03. The second-order valence-corrected chi connectivity index (χ2v) is 6.53. The van der Waals surface area contributed by atoms with Gasteiger partial charge in [0, 0.05) is 31.4 Å². The van der Waals surface area contributed by atoms with Gasteiger partial charge in [-0.25, -0.2) is 9.97 Å². The van der Waals surface area contributed by atoms with Crippen LogP contribution in [0.25, 0.3) is 16.8 Å². The van der Waals surface area contributed by atoms with Crippen LogP contribution < -0.4 is 4.90 Å². The Labute approximate surface area is 157 Å². The van der Waals surface area contributed by atoms with E-state index in [0.717, 1.165) is 30.1 Å². The van der Waals surface area contributed by atoms with E-state index in [0.29, 0.717) is 22.8 Å². The Hall–Kier alpha value is -1.29. The molecule has 0 aromatic carbocycles. The van der Waals surface area contributed by atoms with Crippen LogP contribution in [-0.2, 0) is 0 Å². The molecule has 2 aliphatic rings. The van der Waals surface area contributed by atoms with E-state index in [4.69, 9.17) is 16.6 Å². The summed E-state index contributed by atoms with van der Waals surface area (Å²) in [7, 11) is 2.19. The average Bonchev–Trinajstić information content (AvgIpc) is 3.20. The second kappa shape index (κ2) is 6.21. The fourth-order valence-corrected chi connectivity index (χ4v) is 3.87. The summed E-state index contributed by atoms with van der Waals surface area (Å²) in [5.41, 5.74) is 2.27. The summed E-state index contributed by atoms with van der Waals surface area (Å²) >= 11 is 6.06. The number of hydrogen-bond donors (Lipinski definition) is 0. The van der Waals surface area contributed by atoms with Gasteiger partial charge in [0.15, 0.2) is 11.5 Å². The van der Waals surface area contributed by atoms with E-state index in [9.17, 15) is 0 Å². The number of fused-ring (bicyclic) bond motifs is 5. The van der Waals surface area contributed by atoms with Gasteiger partial charge in [0.2, 0.25) is 5.65 Å². The number of likely N-dealkylation sites (tertiary alicyclic amines) is 1. The molecule has 2 atom stereocenters. The minimum Gasteiger partial charge on any atom is -0.347 e. The van der Waals surface area contributed by atoms with E-state index >= 15 is 0 Å². The normalized spacial score (nSPS) is 22.8. The smallest absolute Gasteiger partial charge is 0.204 e. The molecule has 0 aliphatic carbocycles. The van der Waals surface area contributed by atoms with Gasteiger partial charge in [-0.05, 0) is 19.5 Å². The molecule has 2 aliphatic heterocycles. The number of hydrogen-bond acceptors (Lipinski definition) is 6. The van der Waals surface area contributed by atoms with Crippen molar-refractivity contribution in [3.63, 3.8) is 0 Å². The Morgan fingerprint density at radius 3 is 2.75 bits per heavy atom. The maximum atomic E-state index is 6.06. The average molecular weight is 384 g/mol. The molecule has 0 radical (unpaired) electrons. The van der Waals surface area contributed by atoms with Crippen molar-refractivity contribution in [2.24, 2.45) is 0 Å². The number of aromatic nitrogens is 5. The molecule has 24 heavy (non-hydrogen) atoms. The van der Waals surface area contributed by atoms with Crippen LogP contribution in [0.1, 0.15) is 6.42 Å². The number of likely N-dealkylation sites (N-methyl/N-ethyl adjacent to an activating group) is 1. The van der Waals surface area contributed by atoms with Gasteiger partial charge in [-0.15, -0.1) is 10.2 Å². The van der Waals surface area contributed by atoms with Gasteiger partial charge in [0.05, 0.1) is 10.5 Å². The molecule has 3 aromatic rings. The monoisotopic (exact) mass is 383 g/mol. The summed E-state index contributed by atoms with van der Waals surface area (Å²) in [6.07, 6.45) is 4.51. The summed E-state index contributed by atoms with van der Waals surface area (Å²) in [5.74, 6) is 0.875. The van der Waals surface area contributed by atoms with Gasteiger partial charge in [-0.3, -0.25) is 9.30 Å². The minimum atomic E-state index is 0. The van der Waals surface area contributed by atoms with Crippen molar-refractivity contribution in [3.8, 4) is 0 Å². The van der Waals surface area contributed by atoms with Crippen LogP contribution >= 0.6 is 38.6 Å². The van der Waals surface area contributed by atoms with Crippen LogP contribution in [0, 0.1) is 0 Å². The van der Waals surface area contributed by atoms with Gasteiger partial charge in [-0.2, -0.15) is 27.0 Å². The highest BCUT2D eigenvalue weighted by atomic mass is 35.5. The first-order valence-corrected chi connectivity index (χ1v) is 7.70. The van der Waals surface area contributed by atoms with Gasteiger partial charge >= 0.3 is 0 Å². The fraction of sp³-hybridized carbons (Fsp3) is 0.429. The van der Waals surface area contributed by atoms with Crippen LogP contribution in [-0.4, -0.2) is 61.7 Å². The quantitative estimate of drug-likeness (QED) is 0.633. The molecule has 5 rings (SSSR count). The number of rotatable bonds is 1. The van der Waals surface area contributed by atoms with Crippen molar-refractivity contribution >= 4 is 61.2 Å². The number of nitrogens with zero attached hydrogens (tertiary/aromatic N) is 7. The Balaban J connectivity index is 0.000000845. The molecule has 2 saturated heterocycles.